The van der Waals surface area contributed by atoms with Crippen molar-refractivity contribution in [1.82, 2.24) is 20.4 Å². The normalized spacial score (nSPS) is 16.7. The van der Waals surface area contributed by atoms with Crippen LogP contribution in [-0.4, -0.2) is 75.1 Å². The van der Waals surface area contributed by atoms with Gasteiger partial charge in [-0.1, -0.05) is 11.6 Å². The number of guanidine groups is 1. The van der Waals surface area contributed by atoms with Gasteiger partial charge in [0.25, 0.3) is 0 Å². The van der Waals surface area contributed by atoms with Crippen molar-refractivity contribution in [1.29, 1.82) is 0 Å². The highest BCUT2D eigenvalue weighted by Crippen LogP contribution is 2.24. The summed E-state index contributed by atoms with van der Waals surface area (Å²) < 4.78 is 29.7. The van der Waals surface area contributed by atoms with Crippen molar-refractivity contribution in [2.45, 2.75) is 38.5 Å². The minimum absolute atomic E-state index is 0. The predicted octanol–water partition coefficient (Wildman–Crippen LogP) is 3.17. The minimum atomic E-state index is -2.91. The first-order valence-electron chi connectivity index (χ1n) is 9.94. The number of amides is 1. The highest BCUT2D eigenvalue weighted by Gasteiger charge is 2.30. The van der Waals surface area contributed by atoms with E-state index in [4.69, 9.17) is 11.6 Å². The molecule has 0 spiro atoms. The zero-order valence-corrected chi connectivity index (χ0v) is 21.1. The molecule has 1 aromatic carbocycles. The summed E-state index contributed by atoms with van der Waals surface area (Å²) in [6, 6.07) is 4.47. The smallest absolute Gasteiger partial charge is 0.387 e. The van der Waals surface area contributed by atoms with E-state index in [-0.39, 0.29) is 48.2 Å². The van der Waals surface area contributed by atoms with Crippen molar-refractivity contribution >= 4 is 47.4 Å². The van der Waals surface area contributed by atoms with Gasteiger partial charge < -0.3 is 20.3 Å². The molecule has 1 atom stereocenters. The van der Waals surface area contributed by atoms with Crippen molar-refractivity contribution in [3.8, 4) is 5.75 Å². The van der Waals surface area contributed by atoms with Crippen molar-refractivity contribution in [3.05, 3.63) is 28.8 Å². The van der Waals surface area contributed by atoms with Gasteiger partial charge in [-0.05, 0) is 44.0 Å². The Hall–Kier alpha value is -1.40. The van der Waals surface area contributed by atoms with Crippen molar-refractivity contribution in [2.75, 3.05) is 40.8 Å². The minimum Gasteiger partial charge on any atom is -0.434 e. The van der Waals surface area contributed by atoms with Crippen molar-refractivity contribution < 1.29 is 18.3 Å². The predicted molar refractivity (Wildman–Crippen MR) is 130 cm³/mol. The van der Waals surface area contributed by atoms with E-state index in [0.29, 0.717) is 23.1 Å². The number of carbonyl (C=O) groups is 1. The van der Waals surface area contributed by atoms with Gasteiger partial charge in [0.1, 0.15) is 5.75 Å². The lowest BCUT2D eigenvalue weighted by Gasteiger charge is -2.26. The van der Waals surface area contributed by atoms with Gasteiger partial charge in [0.05, 0.1) is 6.04 Å². The van der Waals surface area contributed by atoms with Gasteiger partial charge in [-0.25, -0.2) is 0 Å². The molecule has 0 aliphatic carbocycles. The number of aliphatic imine (C=N–C) groups is 1. The van der Waals surface area contributed by atoms with Crippen LogP contribution in [0.1, 0.15) is 24.8 Å². The molecule has 11 heteroatoms. The van der Waals surface area contributed by atoms with Gasteiger partial charge in [-0.15, -0.1) is 24.0 Å². The SMILES string of the molecule is CN=C(NCCCN1CCCC1C(=O)N(C)C)NCc1cc(Cl)ccc1OC(F)F.I. The fourth-order valence-corrected chi connectivity index (χ4v) is 3.65. The number of carbonyl (C=O) groups excluding carboxylic acids is 1. The topological polar surface area (TPSA) is 69.2 Å². The number of hydrogen-bond acceptors (Lipinski definition) is 4. The van der Waals surface area contributed by atoms with Crippen molar-refractivity contribution in [2.24, 2.45) is 4.99 Å². The molecule has 7 nitrogen and oxygen atoms in total. The molecule has 1 aliphatic heterocycles. The van der Waals surface area contributed by atoms with E-state index in [1.54, 1.807) is 32.1 Å². The highest BCUT2D eigenvalue weighted by atomic mass is 127. The largest absolute Gasteiger partial charge is 0.434 e. The Morgan fingerprint density at radius 2 is 2.13 bits per heavy atom. The van der Waals surface area contributed by atoms with Gasteiger partial charge in [0, 0.05) is 51.4 Å². The Morgan fingerprint density at radius 3 is 2.77 bits per heavy atom. The number of hydrogen-bond donors (Lipinski definition) is 2. The molecule has 2 rings (SSSR count). The van der Waals surface area contributed by atoms with E-state index >= 15 is 0 Å². The van der Waals surface area contributed by atoms with E-state index in [1.807, 2.05) is 0 Å². The number of likely N-dealkylation sites (tertiary alicyclic amines) is 1. The molecule has 1 heterocycles. The van der Waals surface area contributed by atoms with E-state index < -0.39 is 6.61 Å². The van der Waals surface area contributed by atoms with Crippen molar-refractivity contribution in [3.63, 3.8) is 0 Å². The van der Waals surface area contributed by atoms with Crippen LogP contribution >= 0.6 is 35.6 Å². The monoisotopic (exact) mass is 573 g/mol. The Bertz CT molecular complexity index is 740. The van der Waals surface area contributed by atoms with Crippen LogP contribution in [0.25, 0.3) is 0 Å². The van der Waals surface area contributed by atoms with Crippen LogP contribution in [0.2, 0.25) is 5.02 Å². The third kappa shape index (κ3) is 8.93. The van der Waals surface area contributed by atoms with Gasteiger partial charge in [-0.3, -0.25) is 14.7 Å². The van der Waals surface area contributed by atoms with E-state index in [9.17, 15) is 13.6 Å². The number of rotatable bonds is 9. The lowest BCUT2D eigenvalue weighted by molar-refractivity contribution is -0.133. The molecule has 0 radical (unpaired) electrons. The maximum Gasteiger partial charge on any atom is 0.387 e. The van der Waals surface area contributed by atoms with E-state index in [1.165, 1.54) is 12.1 Å². The third-order valence-corrected chi connectivity index (χ3v) is 5.15. The summed E-state index contributed by atoms with van der Waals surface area (Å²) in [6.45, 7) is -0.271. The van der Waals surface area contributed by atoms with E-state index in [2.05, 4.69) is 25.3 Å². The van der Waals surface area contributed by atoms with Crippen LogP contribution in [0.15, 0.2) is 23.2 Å². The molecular weight excluding hydrogens is 543 g/mol. The molecule has 0 bridgehead atoms. The summed E-state index contributed by atoms with van der Waals surface area (Å²) in [6.07, 6.45) is 2.77. The highest BCUT2D eigenvalue weighted by molar-refractivity contribution is 14.0. The van der Waals surface area contributed by atoms with Crippen LogP contribution in [-0.2, 0) is 11.3 Å². The van der Waals surface area contributed by atoms with E-state index in [0.717, 1.165) is 32.4 Å². The Morgan fingerprint density at radius 1 is 1.39 bits per heavy atom. The second-order valence-electron chi connectivity index (χ2n) is 7.26. The zero-order valence-electron chi connectivity index (χ0n) is 18.0. The number of alkyl halides is 2. The molecule has 1 amide bonds. The first-order valence-corrected chi connectivity index (χ1v) is 10.3. The number of ether oxygens (including phenoxy) is 1. The van der Waals surface area contributed by atoms with Gasteiger partial charge >= 0.3 is 6.61 Å². The number of nitrogens with zero attached hydrogens (tertiary/aromatic N) is 3. The maximum absolute atomic E-state index is 12.6. The maximum atomic E-state index is 12.6. The molecule has 1 aromatic rings. The summed E-state index contributed by atoms with van der Waals surface area (Å²) in [5, 5.41) is 6.71. The molecule has 0 aromatic heterocycles. The van der Waals surface area contributed by atoms with Crippen LogP contribution in [0.3, 0.4) is 0 Å². The van der Waals surface area contributed by atoms with Crippen LogP contribution in [0, 0.1) is 0 Å². The first kappa shape index (κ1) is 27.6. The third-order valence-electron chi connectivity index (χ3n) is 4.91. The molecule has 0 saturated carbocycles. The summed E-state index contributed by atoms with van der Waals surface area (Å²) in [5.41, 5.74) is 0.507. The molecule has 1 saturated heterocycles. The molecule has 176 valence electrons. The number of halogens is 4. The average Bonchev–Trinajstić information content (AvgIpc) is 3.16. The quantitative estimate of drug-likeness (QED) is 0.206. The number of likely N-dealkylation sites (N-methyl/N-ethyl adjacent to an activating group) is 1. The fourth-order valence-electron chi connectivity index (χ4n) is 3.46. The summed E-state index contributed by atoms with van der Waals surface area (Å²) in [4.78, 5) is 20.3. The van der Waals surface area contributed by atoms with Crippen LogP contribution in [0.4, 0.5) is 8.78 Å². The van der Waals surface area contributed by atoms with Gasteiger partial charge in [0.2, 0.25) is 5.91 Å². The number of benzene rings is 1. The standard InChI is InChI=1S/C20H30ClF2N5O2.HI/c1-24-20(26-13-14-12-15(21)7-8-17(14)30-19(22)23)25-9-5-11-28-10-4-6-16(28)18(29)27(2)3;/h7-8,12,16,19H,4-6,9-11,13H2,1-3H3,(H2,24,25,26);1H. The Balaban J connectivity index is 0.00000480. The molecule has 1 unspecified atom stereocenters. The second kappa shape index (κ2) is 13.9. The average molecular weight is 574 g/mol. The van der Waals surface area contributed by atoms with Gasteiger partial charge in [0.15, 0.2) is 5.96 Å². The Kier molecular flexibility index (Phi) is 12.4. The Labute approximate surface area is 204 Å². The summed E-state index contributed by atoms with van der Waals surface area (Å²) >= 11 is 5.97. The summed E-state index contributed by atoms with van der Waals surface area (Å²) in [5.74, 6) is 0.768. The van der Waals surface area contributed by atoms with Crippen LogP contribution < -0.4 is 15.4 Å². The van der Waals surface area contributed by atoms with Gasteiger partial charge in [-0.2, -0.15) is 8.78 Å². The molecule has 2 N–H and O–H groups in total. The number of nitrogens with one attached hydrogen (secondary N) is 2. The van der Waals surface area contributed by atoms with Crippen LogP contribution in [0.5, 0.6) is 5.75 Å². The second-order valence-corrected chi connectivity index (χ2v) is 7.70. The fraction of sp³-hybridized carbons (Fsp3) is 0.600. The molecule has 1 fully saturated rings. The lowest BCUT2D eigenvalue weighted by atomic mass is 10.2. The zero-order chi connectivity index (χ0) is 22.1. The first-order chi connectivity index (χ1) is 14.3. The molecule has 1 aliphatic rings. The summed E-state index contributed by atoms with van der Waals surface area (Å²) in [7, 11) is 5.21. The lowest BCUT2D eigenvalue weighted by Crippen LogP contribution is -2.44. The molecule has 31 heavy (non-hydrogen) atoms. The molecular formula is C20H31ClF2IN5O2.